The van der Waals surface area contributed by atoms with Gasteiger partial charge in [-0.2, -0.15) is 0 Å². The maximum absolute atomic E-state index is 13.4. The number of aliphatic hydroxyl groups is 4. The van der Waals surface area contributed by atoms with Gasteiger partial charge in [-0.3, -0.25) is 4.79 Å². The molecular formula is C20H24O11. The van der Waals surface area contributed by atoms with Crippen LogP contribution in [0.2, 0.25) is 0 Å². The largest absolute Gasteiger partial charge is 0.456 e. The number of carbonyl (C=O) groups excluding carboxylic acids is 3. The molecule has 6 fully saturated rings. The molecule has 170 valence electrons. The molecule has 0 aromatic rings. The molecule has 0 aromatic heterocycles. The first-order chi connectivity index (χ1) is 14.3. The highest BCUT2D eigenvalue weighted by Crippen LogP contribution is 2.84. The Hall–Kier alpha value is -1.79. The Morgan fingerprint density at radius 2 is 1.58 bits per heavy atom. The van der Waals surface area contributed by atoms with E-state index in [1.165, 1.54) is 6.92 Å². The molecule has 12 atom stereocenters. The van der Waals surface area contributed by atoms with E-state index in [1.807, 2.05) is 0 Å². The Bertz CT molecular complexity index is 957. The number of hydrogen-bond acceptors (Lipinski definition) is 11. The fourth-order valence-electron chi connectivity index (χ4n) is 8.27. The van der Waals surface area contributed by atoms with Gasteiger partial charge in [0.15, 0.2) is 17.8 Å². The summed E-state index contributed by atoms with van der Waals surface area (Å²) >= 11 is 0. The summed E-state index contributed by atoms with van der Waals surface area (Å²) in [4.78, 5) is 38.3. The van der Waals surface area contributed by atoms with E-state index >= 15 is 0 Å². The van der Waals surface area contributed by atoms with Crippen molar-refractivity contribution in [3.05, 3.63) is 0 Å². The first-order valence-corrected chi connectivity index (χ1v) is 10.3. The summed E-state index contributed by atoms with van der Waals surface area (Å²) in [5.41, 5.74) is -9.40. The quantitative estimate of drug-likeness (QED) is 0.234. The number of carbonyl (C=O) groups is 3. The Labute approximate surface area is 176 Å². The Morgan fingerprint density at radius 3 is 2.19 bits per heavy atom. The molecule has 2 saturated carbocycles. The maximum atomic E-state index is 13.4. The van der Waals surface area contributed by atoms with Gasteiger partial charge >= 0.3 is 17.9 Å². The van der Waals surface area contributed by atoms with Crippen LogP contribution in [-0.2, 0) is 33.3 Å². The summed E-state index contributed by atoms with van der Waals surface area (Å²) in [6.45, 7) is 6.63. The molecule has 0 bridgehead atoms. The molecule has 4 N–H and O–H groups in total. The molecule has 6 aliphatic rings. The van der Waals surface area contributed by atoms with Crippen molar-refractivity contribution in [3.63, 3.8) is 0 Å². The van der Waals surface area contributed by atoms with Crippen molar-refractivity contribution < 1.29 is 53.8 Å². The lowest BCUT2D eigenvalue weighted by molar-refractivity contribution is -0.240. The van der Waals surface area contributed by atoms with Crippen molar-refractivity contribution in [1.29, 1.82) is 0 Å². The lowest BCUT2D eigenvalue weighted by Gasteiger charge is -2.47. The van der Waals surface area contributed by atoms with Gasteiger partial charge in [0, 0.05) is 5.92 Å². The second-order valence-electron chi connectivity index (χ2n) is 10.8. The molecule has 4 saturated heterocycles. The van der Waals surface area contributed by atoms with E-state index < -0.39 is 94.0 Å². The van der Waals surface area contributed by atoms with E-state index in [-0.39, 0.29) is 0 Å². The van der Waals surface area contributed by atoms with Crippen LogP contribution in [0.1, 0.15) is 27.7 Å². The van der Waals surface area contributed by atoms with Crippen molar-refractivity contribution in [2.45, 2.75) is 75.7 Å². The van der Waals surface area contributed by atoms with Crippen LogP contribution in [0.5, 0.6) is 0 Å². The maximum Gasteiger partial charge on any atom is 0.343 e. The summed E-state index contributed by atoms with van der Waals surface area (Å²) in [5.74, 6) is -5.22. The highest BCUT2D eigenvalue weighted by atomic mass is 16.8. The topological polar surface area (TPSA) is 169 Å². The minimum absolute atomic E-state index is 0.792. The summed E-state index contributed by atoms with van der Waals surface area (Å²) in [6.07, 6.45) is -9.69. The Balaban J connectivity index is 1.75. The highest BCUT2D eigenvalue weighted by molar-refractivity contribution is 5.94. The van der Waals surface area contributed by atoms with E-state index in [0.29, 0.717) is 0 Å². The minimum atomic E-state index is -2.40. The monoisotopic (exact) mass is 440 g/mol. The average molecular weight is 440 g/mol. The van der Waals surface area contributed by atoms with Crippen LogP contribution in [0.3, 0.4) is 0 Å². The third kappa shape index (κ3) is 1.43. The molecule has 0 amide bonds. The molecule has 11 heteroatoms. The van der Waals surface area contributed by atoms with Crippen molar-refractivity contribution in [2.24, 2.45) is 28.1 Å². The molecular weight excluding hydrogens is 416 g/mol. The molecule has 11 nitrogen and oxygen atoms in total. The summed E-state index contributed by atoms with van der Waals surface area (Å²) in [5, 5.41) is 46.1. The second-order valence-corrected chi connectivity index (χ2v) is 10.8. The molecule has 2 spiro atoms. The zero-order valence-electron chi connectivity index (χ0n) is 17.3. The van der Waals surface area contributed by atoms with Crippen LogP contribution in [0, 0.1) is 28.1 Å². The van der Waals surface area contributed by atoms with Gasteiger partial charge in [0.1, 0.15) is 12.2 Å². The Kier molecular flexibility index (Phi) is 3.15. The Morgan fingerprint density at radius 1 is 0.935 bits per heavy atom. The van der Waals surface area contributed by atoms with E-state index in [2.05, 4.69) is 0 Å². The van der Waals surface area contributed by atoms with Crippen LogP contribution in [0.15, 0.2) is 0 Å². The van der Waals surface area contributed by atoms with Gasteiger partial charge in [-0.1, -0.05) is 20.8 Å². The van der Waals surface area contributed by atoms with Crippen LogP contribution < -0.4 is 0 Å². The standard InChI is InChI=1S/C20H24O11/c1-5-12(24)28-11-8(22)18-10-6(21)7(16(2,3)4)17(18)9(23)13(25)30-15(17)31-20(18,14(26)29-10)19(5,11)27/h5-11,15,21-23,27H,1-4H3/t5-,6-,7+,8+,9+,10-,11+,15+,17?,18?,19-,20-/m1/s1. The minimum Gasteiger partial charge on any atom is -0.456 e. The number of rotatable bonds is 0. The lowest BCUT2D eigenvalue weighted by Crippen LogP contribution is -2.67. The summed E-state index contributed by atoms with van der Waals surface area (Å²) < 4.78 is 22.2. The third-order valence-corrected chi connectivity index (χ3v) is 8.95. The average Bonchev–Trinajstić information content (AvgIpc) is 3.35. The van der Waals surface area contributed by atoms with Crippen LogP contribution in [0.4, 0.5) is 0 Å². The van der Waals surface area contributed by atoms with Gasteiger partial charge in [0.25, 0.3) is 0 Å². The van der Waals surface area contributed by atoms with Crippen LogP contribution in [-0.4, -0.2) is 86.3 Å². The number of fused-ring (bicyclic) bond motifs is 1. The van der Waals surface area contributed by atoms with Crippen molar-refractivity contribution in [2.75, 3.05) is 0 Å². The number of esters is 3. The van der Waals surface area contributed by atoms with Gasteiger partial charge in [-0.05, 0) is 12.3 Å². The molecule has 6 rings (SSSR count). The number of hydrogen-bond donors (Lipinski definition) is 4. The zero-order chi connectivity index (χ0) is 22.7. The summed E-state index contributed by atoms with van der Waals surface area (Å²) in [6, 6.07) is 0. The van der Waals surface area contributed by atoms with Gasteiger partial charge in [0.2, 0.25) is 11.9 Å². The van der Waals surface area contributed by atoms with E-state index in [9.17, 15) is 34.8 Å². The number of ether oxygens (including phenoxy) is 4. The molecule has 0 radical (unpaired) electrons. The fourth-order valence-corrected chi connectivity index (χ4v) is 8.27. The molecule has 31 heavy (non-hydrogen) atoms. The molecule has 4 aliphatic heterocycles. The van der Waals surface area contributed by atoms with Gasteiger partial charge in [0.05, 0.1) is 22.9 Å². The number of aliphatic hydroxyl groups excluding tert-OH is 3. The second kappa shape index (κ2) is 4.91. The van der Waals surface area contributed by atoms with Crippen molar-refractivity contribution >= 4 is 17.9 Å². The molecule has 0 aromatic carbocycles. The normalized spacial score (nSPS) is 61.0. The smallest absolute Gasteiger partial charge is 0.343 e. The third-order valence-electron chi connectivity index (χ3n) is 8.95. The SMILES string of the molecule is C[C@@H]1C(=O)O[C@H]2[C@H](O)C34[C@@H]5OC(=O)[C@]3(O[C@@H]3OC(=O)[C@H](O)C34[C@H](C(C)(C)C)[C@H]5O)[C@@]12O. The van der Waals surface area contributed by atoms with Crippen molar-refractivity contribution in [3.8, 4) is 0 Å². The first-order valence-electron chi connectivity index (χ1n) is 10.3. The summed E-state index contributed by atoms with van der Waals surface area (Å²) in [7, 11) is 0. The first kappa shape index (κ1) is 19.9. The predicted octanol–water partition coefficient (Wildman–Crippen LogP) is -2.40. The fraction of sp³-hybridized carbons (Fsp3) is 0.850. The highest BCUT2D eigenvalue weighted by Gasteiger charge is 3.05. The van der Waals surface area contributed by atoms with E-state index in [1.54, 1.807) is 20.8 Å². The zero-order valence-corrected chi connectivity index (χ0v) is 17.3. The molecule has 4 heterocycles. The van der Waals surface area contributed by atoms with E-state index in [4.69, 9.17) is 18.9 Å². The van der Waals surface area contributed by atoms with E-state index in [0.717, 1.165) is 0 Å². The van der Waals surface area contributed by atoms with Gasteiger partial charge < -0.3 is 39.4 Å². The van der Waals surface area contributed by atoms with Gasteiger partial charge in [-0.15, -0.1) is 0 Å². The predicted molar refractivity (Wildman–Crippen MR) is 93.4 cm³/mol. The van der Waals surface area contributed by atoms with Crippen molar-refractivity contribution in [1.82, 2.24) is 0 Å². The lowest BCUT2D eigenvalue weighted by atomic mass is 9.51. The van der Waals surface area contributed by atoms with Crippen LogP contribution in [0.25, 0.3) is 0 Å². The molecule has 2 unspecified atom stereocenters. The van der Waals surface area contributed by atoms with Crippen LogP contribution >= 0.6 is 0 Å². The molecule has 2 aliphatic carbocycles. The van der Waals surface area contributed by atoms with Gasteiger partial charge in [-0.25, -0.2) is 9.59 Å².